The Hall–Kier alpha value is -0.870. The number of carbonyl (C=O) groups excluding carboxylic acids is 1. The van der Waals surface area contributed by atoms with E-state index in [2.05, 4.69) is 27.3 Å². The molecule has 1 amide bonds. The van der Waals surface area contributed by atoms with Crippen LogP contribution in [0.2, 0.25) is 0 Å². The molecule has 2 heterocycles. The van der Waals surface area contributed by atoms with Crippen molar-refractivity contribution < 1.29 is 4.79 Å². The molecule has 0 radical (unpaired) electrons. The Balaban J connectivity index is 1.85. The molecular formula is C13H15BrN2O. The van der Waals surface area contributed by atoms with E-state index in [-0.39, 0.29) is 5.91 Å². The minimum absolute atomic E-state index is 0.208. The molecule has 2 aliphatic rings. The molecule has 1 N–H and O–H groups in total. The lowest BCUT2D eigenvalue weighted by Crippen LogP contribution is -2.43. The standard InChI is InChI=1S/C13H15BrN2O/c14-10-1-2-12-9(7-10)8-16(13(12)17)11-3-5-15-6-4-11/h1-2,7,11,15H,3-6,8H2. The molecule has 17 heavy (non-hydrogen) atoms. The summed E-state index contributed by atoms with van der Waals surface area (Å²) in [4.78, 5) is 14.3. The number of carbonyl (C=O) groups is 1. The van der Waals surface area contributed by atoms with Crippen LogP contribution in [0, 0.1) is 0 Å². The number of amides is 1. The van der Waals surface area contributed by atoms with Crippen LogP contribution in [0.1, 0.15) is 28.8 Å². The fraction of sp³-hybridized carbons (Fsp3) is 0.462. The van der Waals surface area contributed by atoms with Gasteiger partial charge in [0.2, 0.25) is 0 Å². The molecule has 0 unspecified atom stereocenters. The number of hydrogen-bond acceptors (Lipinski definition) is 2. The SMILES string of the molecule is O=C1c2ccc(Br)cc2CN1C1CCNCC1. The molecular weight excluding hydrogens is 280 g/mol. The van der Waals surface area contributed by atoms with Crippen molar-refractivity contribution in [2.24, 2.45) is 0 Å². The number of benzene rings is 1. The summed E-state index contributed by atoms with van der Waals surface area (Å²) >= 11 is 3.46. The predicted octanol–water partition coefficient (Wildman–Crippen LogP) is 2.16. The van der Waals surface area contributed by atoms with Crippen molar-refractivity contribution in [2.75, 3.05) is 13.1 Å². The Bertz CT molecular complexity index is 455. The summed E-state index contributed by atoms with van der Waals surface area (Å²) in [6.07, 6.45) is 2.14. The number of nitrogens with one attached hydrogen (secondary N) is 1. The highest BCUT2D eigenvalue weighted by atomic mass is 79.9. The third-order valence-corrected chi connectivity index (χ3v) is 4.14. The van der Waals surface area contributed by atoms with Crippen LogP contribution in [0.3, 0.4) is 0 Å². The smallest absolute Gasteiger partial charge is 0.254 e. The molecule has 4 heteroatoms. The topological polar surface area (TPSA) is 32.3 Å². The van der Waals surface area contributed by atoms with Crippen LogP contribution in [0.25, 0.3) is 0 Å². The first-order chi connectivity index (χ1) is 8.25. The van der Waals surface area contributed by atoms with Crippen molar-refractivity contribution >= 4 is 21.8 Å². The third-order valence-electron chi connectivity index (χ3n) is 3.65. The molecule has 1 fully saturated rings. The van der Waals surface area contributed by atoms with Crippen LogP contribution >= 0.6 is 15.9 Å². The number of fused-ring (bicyclic) bond motifs is 1. The van der Waals surface area contributed by atoms with Gasteiger partial charge in [-0.2, -0.15) is 0 Å². The molecule has 0 aliphatic carbocycles. The van der Waals surface area contributed by atoms with E-state index in [0.29, 0.717) is 6.04 Å². The van der Waals surface area contributed by atoms with Crippen molar-refractivity contribution in [1.82, 2.24) is 10.2 Å². The van der Waals surface area contributed by atoms with E-state index in [1.165, 1.54) is 0 Å². The second-order valence-electron chi connectivity index (χ2n) is 4.72. The van der Waals surface area contributed by atoms with Crippen LogP contribution in [-0.2, 0) is 6.54 Å². The van der Waals surface area contributed by atoms with Crippen LogP contribution in [-0.4, -0.2) is 29.9 Å². The maximum atomic E-state index is 12.3. The molecule has 90 valence electrons. The van der Waals surface area contributed by atoms with Crippen molar-refractivity contribution in [2.45, 2.75) is 25.4 Å². The molecule has 0 atom stereocenters. The molecule has 1 saturated heterocycles. The largest absolute Gasteiger partial charge is 0.331 e. The summed E-state index contributed by atoms with van der Waals surface area (Å²) in [5.41, 5.74) is 2.04. The van der Waals surface area contributed by atoms with E-state index in [9.17, 15) is 4.79 Å². The summed E-state index contributed by atoms with van der Waals surface area (Å²) in [5.74, 6) is 0.208. The fourth-order valence-corrected chi connectivity index (χ4v) is 3.13. The van der Waals surface area contributed by atoms with Gasteiger partial charge in [0.05, 0.1) is 0 Å². The number of rotatable bonds is 1. The second kappa shape index (κ2) is 4.42. The lowest BCUT2D eigenvalue weighted by atomic mass is 10.1. The number of hydrogen-bond donors (Lipinski definition) is 1. The summed E-state index contributed by atoms with van der Waals surface area (Å²) in [6.45, 7) is 2.82. The molecule has 1 aromatic carbocycles. The lowest BCUT2D eigenvalue weighted by Gasteiger charge is -2.31. The van der Waals surface area contributed by atoms with E-state index in [1.807, 2.05) is 17.0 Å². The van der Waals surface area contributed by atoms with Gasteiger partial charge in [-0.1, -0.05) is 15.9 Å². The monoisotopic (exact) mass is 294 g/mol. The molecule has 1 aromatic rings. The molecule has 0 saturated carbocycles. The van der Waals surface area contributed by atoms with E-state index < -0.39 is 0 Å². The van der Waals surface area contributed by atoms with Gasteiger partial charge in [0.25, 0.3) is 5.91 Å². The van der Waals surface area contributed by atoms with Crippen molar-refractivity contribution in [3.05, 3.63) is 33.8 Å². The minimum atomic E-state index is 0.208. The Kier molecular flexibility index (Phi) is 2.92. The highest BCUT2D eigenvalue weighted by Gasteiger charge is 2.32. The number of nitrogens with zero attached hydrogens (tertiary/aromatic N) is 1. The zero-order chi connectivity index (χ0) is 11.8. The Labute approximate surface area is 109 Å². The maximum absolute atomic E-state index is 12.3. The van der Waals surface area contributed by atoms with E-state index >= 15 is 0 Å². The Morgan fingerprint density at radius 2 is 2.06 bits per heavy atom. The van der Waals surface area contributed by atoms with Gasteiger partial charge in [-0.25, -0.2) is 0 Å². The summed E-state index contributed by atoms with van der Waals surface area (Å²) in [5, 5.41) is 3.34. The fourth-order valence-electron chi connectivity index (χ4n) is 2.73. The van der Waals surface area contributed by atoms with E-state index in [0.717, 1.165) is 48.1 Å². The molecule has 0 spiro atoms. The first-order valence-electron chi connectivity index (χ1n) is 6.06. The molecule has 0 aromatic heterocycles. The first kappa shape index (κ1) is 11.2. The van der Waals surface area contributed by atoms with Crippen molar-refractivity contribution in [3.8, 4) is 0 Å². The van der Waals surface area contributed by atoms with Gasteiger partial charge in [0, 0.05) is 22.6 Å². The first-order valence-corrected chi connectivity index (χ1v) is 6.85. The van der Waals surface area contributed by atoms with Gasteiger partial charge < -0.3 is 10.2 Å². The highest BCUT2D eigenvalue weighted by molar-refractivity contribution is 9.10. The van der Waals surface area contributed by atoms with Gasteiger partial charge in [-0.05, 0) is 49.7 Å². The zero-order valence-corrected chi connectivity index (χ0v) is 11.2. The summed E-state index contributed by atoms with van der Waals surface area (Å²) in [6, 6.07) is 6.36. The quantitative estimate of drug-likeness (QED) is 0.861. The van der Waals surface area contributed by atoms with Gasteiger partial charge in [-0.15, -0.1) is 0 Å². The van der Waals surface area contributed by atoms with Gasteiger partial charge in [0.1, 0.15) is 0 Å². The van der Waals surface area contributed by atoms with Crippen LogP contribution in [0.5, 0.6) is 0 Å². The lowest BCUT2D eigenvalue weighted by molar-refractivity contribution is 0.0668. The molecule has 2 aliphatic heterocycles. The minimum Gasteiger partial charge on any atom is -0.331 e. The number of piperidine rings is 1. The average Bonchev–Trinajstić information content (AvgIpc) is 2.67. The number of halogens is 1. The van der Waals surface area contributed by atoms with E-state index in [1.54, 1.807) is 0 Å². The average molecular weight is 295 g/mol. The zero-order valence-electron chi connectivity index (χ0n) is 9.58. The normalized spacial score (nSPS) is 20.8. The molecule has 0 bridgehead atoms. The molecule has 3 nitrogen and oxygen atoms in total. The highest BCUT2D eigenvalue weighted by Crippen LogP contribution is 2.29. The Morgan fingerprint density at radius 3 is 2.82 bits per heavy atom. The predicted molar refractivity (Wildman–Crippen MR) is 69.9 cm³/mol. The van der Waals surface area contributed by atoms with Gasteiger partial charge in [-0.3, -0.25) is 4.79 Å². The van der Waals surface area contributed by atoms with Crippen LogP contribution in [0.4, 0.5) is 0 Å². The van der Waals surface area contributed by atoms with Crippen LogP contribution in [0.15, 0.2) is 22.7 Å². The van der Waals surface area contributed by atoms with Gasteiger partial charge in [0.15, 0.2) is 0 Å². The van der Waals surface area contributed by atoms with Gasteiger partial charge >= 0.3 is 0 Å². The summed E-state index contributed by atoms with van der Waals surface area (Å²) < 4.78 is 1.05. The summed E-state index contributed by atoms with van der Waals surface area (Å²) in [7, 11) is 0. The van der Waals surface area contributed by atoms with E-state index in [4.69, 9.17) is 0 Å². The molecule has 3 rings (SSSR count). The van der Waals surface area contributed by atoms with Crippen molar-refractivity contribution in [3.63, 3.8) is 0 Å². The Morgan fingerprint density at radius 1 is 1.29 bits per heavy atom. The maximum Gasteiger partial charge on any atom is 0.254 e. The van der Waals surface area contributed by atoms with Crippen molar-refractivity contribution in [1.29, 1.82) is 0 Å². The second-order valence-corrected chi connectivity index (χ2v) is 5.63. The van der Waals surface area contributed by atoms with Crippen LogP contribution < -0.4 is 5.32 Å². The third kappa shape index (κ3) is 2.00.